The molecule has 0 saturated heterocycles. The highest BCUT2D eigenvalue weighted by Crippen LogP contribution is 2.40. The van der Waals surface area contributed by atoms with E-state index in [0.717, 1.165) is 0 Å². The first-order chi connectivity index (χ1) is 9.64. The minimum Gasteiger partial charge on any atom is -0.493 e. The summed E-state index contributed by atoms with van der Waals surface area (Å²) in [5, 5.41) is 0. The number of hydrogen-bond donors (Lipinski definition) is 0. The largest absolute Gasteiger partial charge is 0.493 e. The second-order valence-corrected chi connectivity index (χ2v) is 3.91. The fourth-order valence-electron chi connectivity index (χ4n) is 1.88. The third-order valence-corrected chi connectivity index (χ3v) is 2.89. The van der Waals surface area contributed by atoms with Crippen LogP contribution in [0.2, 0.25) is 0 Å². The van der Waals surface area contributed by atoms with Crippen LogP contribution in [-0.4, -0.2) is 45.2 Å². The van der Waals surface area contributed by atoms with Gasteiger partial charge in [0.2, 0.25) is 5.75 Å². The summed E-state index contributed by atoms with van der Waals surface area (Å²) in [6, 6.07) is 3.31. The van der Waals surface area contributed by atoms with Gasteiger partial charge in [0.1, 0.15) is 0 Å². The number of carbonyl (C=O) groups is 1. The highest BCUT2D eigenvalue weighted by molar-refractivity contribution is 5.98. The highest BCUT2D eigenvalue weighted by Gasteiger charge is 2.23. The molecule has 0 atom stereocenters. The van der Waals surface area contributed by atoms with Crippen molar-refractivity contribution < 1.29 is 19.0 Å². The van der Waals surface area contributed by atoms with Crippen LogP contribution in [0.4, 0.5) is 0 Å². The van der Waals surface area contributed by atoms with Gasteiger partial charge in [-0.3, -0.25) is 4.79 Å². The van der Waals surface area contributed by atoms with Gasteiger partial charge in [-0.25, -0.2) is 0 Å². The molecule has 0 heterocycles. The number of hydrogen-bond acceptors (Lipinski definition) is 4. The monoisotopic (exact) mass is 277 g/mol. The fraction of sp³-hybridized carbons (Fsp3) is 0.400. The van der Waals surface area contributed by atoms with E-state index in [2.05, 4.69) is 5.92 Å². The van der Waals surface area contributed by atoms with E-state index in [0.29, 0.717) is 29.4 Å². The van der Waals surface area contributed by atoms with E-state index in [-0.39, 0.29) is 12.5 Å². The summed E-state index contributed by atoms with van der Waals surface area (Å²) in [6.45, 7) is 2.62. The molecule has 1 rings (SSSR count). The zero-order valence-electron chi connectivity index (χ0n) is 12.2. The molecule has 0 aliphatic rings. The predicted octanol–water partition coefficient (Wildman–Crippen LogP) is 1.81. The number of methoxy groups -OCH3 is 3. The third kappa shape index (κ3) is 2.97. The average molecular weight is 277 g/mol. The molecule has 0 aromatic heterocycles. The summed E-state index contributed by atoms with van der Waals surface area (Å²) >= 11 is 0. The van der Waals surface area contributed by atoms with Crippen molar-refractivity contribution in [1.82, 2.24) is 4.90 Å². The van der Waals surface area contributed by atoms with Crippen LogP contribution in [0.5, 0.6) is 17.2 Å². The fourth-order valence-corrected chi connectivity index (χ4v) is 1.88. The van der Waals surface area contributed by atoms with Crippen molar-refractivity contribution in [3.63, 3.8) is 0 Å². The number of carbonyl (C=O) groups excluding carboxylic acids is 1. The lowest BCUT2D eigenvalue weighted by Crippen LogP contribution is -2.31. The molecule has 0 spiro atoms. The van der Waals surface area contributed by atoms with E-state index in [4.69, 9.17) is 20.6 Å². The summed E-state index contributed by atoms with van der Waals surface area (Å²) in [5.41, 5.74) is 0.391. The van der Waals surface area contributed by atoms with Crippen molar-refractivity contribution in [2.24, 2.45) is 0 Å². The molecule has 108 valence electrons. The Morgan fingerprint density at radius 1 is 1.20 bits per heavy atom. The van der Waals surface area contributed by atoms with E-state index in [1.54, 1.807) is 17.0 Å². The maximum atomic E-state index is 12.5. The molecule has 0 unspecified atom stereocenters. The number of nitrogens with zero attached hydrogens (tertiary/aromatic N) is 1. The molecule has 5 nitrogen and oxygen atoms in total. The van der Waals surface area contributed by atoms with Crippen molar-refractivity contribution in [1.29, 1.82) is 0 Å². The van der Waals surface area contributed by atoms with Gasteiger partial charge in [0.15, 0.2) is 11.5 Å². The number of ether oxygens (including phenoxy) is 3. The number of rotatable bonds is 6. The van der Waals surface area contributed by atoms with E-state index in [1.165, 1.54) is 21.3 Å². The van der Waals surface area contributed by atoms with Crippen molar-refractivity contribution in [3.8, 4) is 29.6 Å². The number of amides is 1. The van der Waals surface area contributed by atoms with Crippen LogP contribution in [0.25, 0.3) is 0 Å². The van der Waals surface area contributed by atoms with E-state index < -0.39 is 0 Å². The van der Waals surface area contributed by atoms with E-state index in [9.17, 15) is 4.79 Å². The molecule has 20 heavy (non-hydrogen) atoms. The molecule has 1 amide bonds. The van der Waals surface area contributed by atoms with Gasteiger partial charge >= 0.3 is 0 Å². The maximum absolute atomic E-state index is 12.5. The SMILES string of the molecule is C#CCN(CC)C(=O)c1ccc(OC)c(OC)c1OC. The molecule has 1 aromatic carbocycles. The molecule has 0 bridgehead atoms. The highest BCUT2D eigenvalue weighted by atomic mass is 16.5. The number of benzene rings is 1. The van der Waals surface area contributed by atoms with Crippen LogP contribution in [0, 0.1) is 12.3 Å². The van der Waals surface area contributed by atoms with Gasteiger partial charge in [-0.1, -0.05) is 5.92 Å². The normalized spacial score (nSPS) is 9.55. The van der Waals surface area contributed by atoms with Gasteiger partial charge in [-0.05, 0) is 19.1 Å². The van der Waals surface area contributed by atoms with E-state index in [1.807, 2.05) is 6.92 Å². The lowest BCUT2D eigenvalue weighted by atomic mass is 10.1. The third-order valence-electron chi connectivity index (χ3n) is 2.89. The zero-order valence-corrected chi connectivity index (χ0v) is 12.2. The Labute approximate surface area is 119 Å². The zero-order chi connectivity index (χ0) is 15.1. The molecule has 0 saturated carbocycles. The van der Waals surface area contributed by atoms with Gasteiger partial charge in [0, 0.05) is 6.54 Å². The molecular formula is C15H19NO4. The molecule has 0 radical (unpaired) electrons. The molecule has 0 aliphatic heterocycles. The molecule has 0 fully saturated rings. The van der Waals surface area contributed by atoms with Gasteiger partial charge in [-0.15, -0.1) is 6.42 Å². The Balaban J connectivity index is 3.31. The van der Waals surface area contributed by atoms with Gasteiger partial charge < -0.3 is 19.1 Å². The predicted molar refractivity (Wildman–Crippen MR) is 76.5 cm³/mol. The Kier molecular flexibility index (Phi) is 5.73. The van der Waals surface area contributed by atoms with Crippen LogP contribution in [-0.2, 0) is 0 Å². The lowest BCUT2D eigenvalue weighted by Gasteiger charge is -2.21. The first-order valence-electron chi connectivity index (χ1n) is 6.16. The van der Waals surface area contributed by atoms with Crippen molar-refractivity contribution in [2.45, 2.75) is 6.92 Å². The summed E-state index contributed by atoms with van der Waals surface area (Å²) in [5.74, 6) is 3.49. The standard InChI is InChI=1S/C15H19NO4/c1-6-10-16(7-2)15(17)11-8-9-12(18-3)14(20-5)13(11)19-4/h1,8-9H,7,10H2,2-5H3. The molecule has 1 aromatic rings. The van der Waals surface area contributed by atoms with Gasteiger partial charge in [0.05, 0.1) is 33.4 Å². The quantitative estimate of drug-likeness (QED) is 0.744. The topological polar surface area (TPSA) is 48.0 Å². The van der Waals surface area contributed by atoms with E-state index >= 15 is 0 Å². The smallest absolute Gasteiger partial charge is 0.258 e. The molecule has 0 N–H and O–H groups in total. The van der Waals surface area contributed by atoms with Gasteiger partial charge in [0.25, 0.3) is 5.91 Å². The average Bonchev–Trinajstić information content (AvgIpc) is 2.49. The van der Waals surface area contributed by atoms with Crippen molar-refractivity contribution in [2.75, 3.05) is 34.4 Å². The molecule has 0 aliphatic carbocycles. The second-order valence-electron chi connectivity index (χ2n) is 3.91. The second kappa shape index (κ2) is 7.29. The Morgan fingerprint density at radius 3 is 2.30 bits per heavy atom. The first kappa shape index (κ1) is 15.7. The first-order valence-corrected chi connectivity index (χ1v) is 6.16. The minimum absolute atomic E-state index is 0.205. The minimum atomic E-state index is -0.205. The Hall–Kier alpha value is -2.35. The molecule has 5 heteroatoms. The van der Waals surface area contributed by atoms with Crippen LogP contribution in [0.1, 0.15) is 17.3 Å². The van der Waals surface area contributed by atoms with Crippen LogP contribution in [0.3, 0.4) is 0 Å². The lowest BCUT2D eigenvalue weighted by molar-refractivity contribution is 0.0780. The van der Waals surface area contributed by atoms with Crippen molar-refractivity contribution in [3.05, 3.63) is 17.7 Å². The summed E-state index contributed by atoms with van der Waals surface area (Å²) in [4.78, 5) is 14.0. The summed E-state index contributed by atoms with van der Waals surface area (Å²) in [7, 11) is 4.49. The maximum Gasteiger partial charge on any atom is 0.258 e. The van der Waals surface area contributed by atoms with Gasteiger partial charge in [-0.2, -0.15) is 0 Å². The Morgan fingerprint density at radius 2 is 1.85 bits per heavy atom. The Bertz CT molecular complexity index is 519. The van der Waals surface area contributed by atoms with Crippen LogP contribution >= 0.6 is 0 Å². The summed E-state index contributed by atoms with van der Waals surface area (Å²) in [6.07, 6.45) is 5.27. The summed E-state index contributed by atoms with van der Waals surface area (Å²) < 4.78 is 15.7. The molecular weight excluding hydrogens is 258 g/mol. The van der Waals surface area contributed by atoms with Crippen LogP contribution < -0.4 is 14.2 Å². The number of terminal acetylenes is 1. The van der Waals surface area contributed by atoms with Crippen LogP contribution in [0.15, 0.2) is 12.1 Å². The van der Waals surface area contributed by atoms with Crippen molar-refractivity contribution >= 4 is 5.91 Å².